The van der Waals surface area contributed by atoms with Crippen molar-refractivity contribution in [3.8, 4) is 5.75 Å². The van der Waals surface area contributed by atoms with Crippen LogP contribution in [0.25, 0.3) is 0 Å². The molecule has 6 heteroatoms. The quantitative estimate of drug-likeness (QED) is 0.841. The van der Waals surface area contributed by atoms with Crippen molar-refractivity contribution in [1.29, 1.82) is 0 Å². The molecule has 0 amide bonds. The summed E-state index contributed by atoms with van der Waals surface area (Å²) in [5, 5.41) is 9.88. The normalized spacial score (nSPS) is 10.3. The van der Waals surface area contributed by atoms with Crippen molar-refractivity contribution >= 4 is 34.9 Å². The molecule has 0 aliphatic heterocycles. The molecule has 0 aromatic heterocycles. The third-order valence-electron chi connectivity index (χ3n) is 2.65. The Kier molecular flexibility index (Phi) is 4.37. The summed E-state index contributed by atoms with van der Waals surface area (Å²) in [4.78, 5) is 11.1. The van der Waals surface area contributed by atoms with Crippen LogP contribution in [0.2, 0.25) is 10.0 Å². The molecule has 3 N–H and O–H groups in total. The van der Waals surface area contributed by atoms with E-state index in [0.717, 1.165) is 0 Å². The standard InChI is InChI=1S/C14H11Cl2NO3/c15-11-3-1-2-8(13(11)16)7-20-12-6-9(17)4-5-10(12)14(18)19/h1-6H,7,17H2,(H,18,19). The van der Waals surface area contributed by atoms with Crippen molar-refractivity contribution in [1.82, 2.24) is 0 Å². The van der Waals surface area contributed by atoms with E-state index in [4.69, 9.17) is 38.8 Å². The van der Waals surface area contributed by atoms with Crippen LogP contribution in [0.1, 0.15) is 15.9 Å². The van der Waals surface area contributed by atoms with E-state index in [2.05, 4.69) is 0 Å². The molecule has 0 saturated heterocycles. The molecule has 2 aromatic carbocycles. The van der Waals surface area contributed by atoms with Crippen molar-refractivity contribution in [2.24, 2.45) is 0 Å². The van der Waals surface area contributed by atoms with Gasteiger partial charge in [-0.25, -0.2) is 4.79 Å². The molecule has 20 heavy (non-hydrogen) atoms. The second-order valence-electron chi connectivity index (χ2n) is 4.06. The Morgan fingerprint density at radius 1 is 1.25 bits per heavy atom. The summed E-state index contributed by atoms with van der Waals surface area (Å²) in [6.07, 6.45) is 0. The number of nitrogens with two attached hydrogens (primary N) is 1. The first-order valence-corrected chi connectivity index (χ1v) is 6.43. The van der Waals surface area contributed by atoms with Gasteiger partial charge < -0.3 is 15.6 Å². The highest BCUT2D eigenvalue weighted by Gasteiger charge is 2.12. The first-order chi connectivity index (χ1) is 9.49. The smallest absolute Gasteiger partial charge is 0.339 e. The largest absolute Gasteiger partial charge is 0.488 e. The molecular formula is C14H11Cl2NO3. The topological polar surface area (TPSA) is 72.6 Å². The molecule has 104 valence electrons. The van der Waals surface area contributed by atoms with Crippen LogP contribution in [-0.2, 0) is 6.61 Å². The zero-order chi connectivity index (χ0) is 14.7. The van der Waals surface area contributed by atoms with Gasteiger partial charge in [0.15, 0.2) is 0 Å². The number of hydrogen-bond donors (Lipinski definition) is 2. The van der Waals surface area contributed by atoms with E-state index in [9.17, 15) is 4.79 Å². The number of hydrogen-bond acceptors (Lipinski definition) is 3. The molecule has 0 saturated carbocycles. The number of ether oxygens (including phenoxy) is 1. The number of carboxylic acid groups (broad SMARTS) is 1. The maximum Gasteiger partial charge on any atom is 0.339 e. The molecule has 0 heterocycles. The highest BCUT2D eigenvalue weighted by atomic mass is 35.5. The molecule has 0 aliphatic rings. The van der Waals surface area contributed by atoms with Gasteiger partial charge in [0, 0.05) is 17.3 Å². The Bertz CT molecular complexity index is 659. The maximum atomic E-state index is 11.1. The lowest BCUT2D eigenvalue weighted by Crippen LogP contribution is -2.04. The second-order valence-corrected chi connectivity index (χ2v) is 4.85. The number of halogens is 2. The minimum Gasteiger partial charge on any atom is -0.488 e. The maximum absolute atomic E-state index is 11.1. The van der Waals surface area contributed by atoms with Gasteiger partial charge in [-0.3, -0.25) is 0 Å². The Hall–Kier alpha value is -1.91. The fourth-order valence-corrected chi connectivity index (χ4v) is 2.03. The predicted molar refractivity (Wildman–Crippen MR) is 78.6 cm³/mol. The molecule has 0 spiro atoms. The molecule has 0 bridgehead atoms. The number of aromatic carboxylic acids is 1. The van der Waals surface area contributed by atoms with Gasteiger partial charge in [-0.2, -0.15) is 0 Å². The number of benzene rings is 2. The van der Waals surface area contributed by atoms with Crippen LogP contribution in [0, 0.1) is 0 Å². The monoisotopic (exact) mass is 311 g/mol. The van der Waals surface area contributed by atoms with Crippen molar-refractivity contribution < 1.29 is 14.6 Å². The SMILES string of the molecule is Nc1ccc(C(=O)O)c(OCc2cccc(Cl)c2Cl)c1. The Morgan fingerprint density at radius 3 is 2.70 bits per heavy atom. The molecule has 0 unspecified atom stereocenters. The van der Waals surface area contributed by atoms with Crippen molar-refractivity contribution in [3.05, 3.63) is 57.6 Å². The highest BCUT2D eigenvalue weighted by molar-refractivity contribution is 6.42. The average Bonchev–Trinajstić information content (AvgIpc) is 2.40. The van der Waals surface area contributed by atoms with Crippen molar-refractivity contribution in [3.63, 3.8) is 0 Å². The van der Waals surface area contributed by atoms with E-state index < -0.39 is 5.97 Å². The van der Waals surface area contributed by atoms with Gasteiger partial charge >= 0.3 is 5.97 Å². The third kappa shape index (κ3) is 3.15. The second kappa shape index (κ2) is 6.03. The van der Waals surface area contributed by atoms with Gasteiger partial charge in [0.25, 0.3) is 0 Å². The van der Waals surface area contributed by atoms with Gasteiger partial charge in [0.2, 0.25) is 0 Å². The first kappa shape index (κ1) is 14.5. The van der Waals surface area contributed by atoms with Crippen molar-refractivity contribution in [2.45, 2.75) is 6.61 Å². The van der Waals surface area contributed by atoms with Crippen molar-refractivity contribution in [2.75, 3.05) is 5.73 Å². The summed E-state index contributed by atoms with van der Waals surface area (Å²) >= 11 is 11.9. The summed E-state index contributed by atoms with van der Waals surface area (Å²) in [5.74, 6) is -0.897. The van der Waals surface area contributed by atoms with Crippen LogP contribution in [0.5, 0.6) is 5.75 Å². The molecule has 2 aromatic rings. The van der Waals surface area contributed by atoms with Crippen LogP contribution in [0.4, 0.5) is 5.69 Å². The molecule has 0 aliphatic carbocycles. The van der Waals surface area contributed by atoms with Crippen LogP contribution in [-0.4, -0.2) is 11.1 Å². The van der Waals surface area contributed by atoms with E-state index in [0.29, 0.717) is 21.3 Å². The van der Waals surface area contributed by atoms with E-state index in [1.807, 2.05) is 0 Å². The zero-order valence-electron chi connectivity index (χ0n) is 10.3. The van der Waals surface area contributed by atoms with E-state index in [1.54, 1.807) is 18.2 Å². The lowest BCUT2D eigenvalue weighted by Gasteiger charge is -2.11. The summed E-state index contributed by atoms with van der Waals surface area (Å²) in [5.41, 5.74) is 6.75. The van der Waals surface area contributed by atoms with Crippen LogP contribution < -0.4 is 10.5 Å². The first-order valence-electron chi connectivity index (χ1n) is 5.67. The summed E-state index contributed by atoms with van der Waals surface area (Å²) < 4.78 is 5.50. The van der Waals surface area contributed by atoms with Gasteiger partial charge in [0.1, 0.15) is 17.9 Å². The minimum atomic E-state index is -1.09. The Labute approximate surface area is 125 Å². The van der Waals surface area contributed by atoms with Gasteiger partial charge in [-0.15, -0.1) is 0 Å². The number of rotatable bonds is 4. The van der Waals surface area contributed by atoms with Gasteiger partial charge in [0.05, 0.1) is 10.0 Å². The third-order valence-corrected chi connectivity index (χ3v) is 3.51. The highest BCUT2D eigenvalue weighted by Crippen LogP contribution is 2.28. The van der Waals surface area contributed by atoms with E-state index >= 15 is 0 Å². The lowest BCUT2D eigenvalue weighted by molar-refractivity contribution is 0.0692. The molecule has 4 nitrogen and oxygen atoms in total. The lowest BCUT2D eigenvalue weighted by atomic mass is 10.2. The number of carboxylic acids is 1. The molecule has 0 fully saturated rings. The molecular weight excluding hydrogens is 301 g/mol. The average molecular weight is 312 g/mol. The van der Waals surface area contributed by atoms with Gasteiger partial charge in [-0.05, 0) is 18.2 Å². The number of nitrogen functional groups attached to an aromatic ring is 1. The predicted octanol–water partition coefficient (Wildman–Crippen LogP) is 3.85. The summed E-state index contributed by atoms with van der Waals surface area (Å²) in [7, 11) is 0. The fourth-order valence-electron chi connectivity index (χ4n) is 1.65. The van der Waals surface area contributed by atoms with Crippen LogP contribution >= 0.6 is 23.2 Å². The number of anilines is 1. The Morgan fingerprint density at radius 2 is 2.00 bits per heavy atom. The van der Waals surface area contributed by atoms with Crippen LogP contribution in [0.15, 0.2) is 36.4 Å². The van der Waals surface area contributed by atoms with E-state index in [1.165, 1.54) is 18.2 Å². The molecule has 0 atom stereocenters. The number of carbonyl (C=O) groups is 1. The molecule has 0 radical (unpaired) electrons. The van der Waals surface area contributed by atoms with Crippen LogP contribution in [0.3, 0.4) is 0 Å². The van der Waals surface area contributed by atoms with E-state index in [-0.39, 0.29) is 17.9 Å². The fraction of sp³-hybridized carbons (Fsp3) is 0.0714. The summed E-state index contributed by atoms with van der Waals surface area (Å²) in [6, 6.07) is 9.51. The zero-order valence-corrected chi connectivity index (χ0v) is 11.8. The Balaban J connectivity index is 2.24. The summed E-state index contributed by atoms with van der Waals surface area (Å²) in [6.45, 7) is 0.100. The van der Waals surface area contributed by atoms with Gasteiger partial charge in [-0.1, -0.05) is 35.3 Å². The molecule has 2 rings (SSSR count). The minimum absolute atomic E-state index is 0.0392.